The zero-order chi connectivity index (χ0) is 27.7. The van der Waals surface area contributed by atoms with Gasteiger partial charge in [-0.3, -0.25) is 14.4 Å². The molecule has 10 nitrogen and oxygen atoms in total. The quantitative estimate of drug-likeness (QED) is 0.0471. The second kappa shape index (κ2) is 23.4. The van der Waals surface area contributed by atoms with Gasteiger partial charge >= 0.3 is 5.97 Å². The molecule has 0 aliphatic rings. The molecule has 0 spiro atoms. The van der Waals surface area contributed by atoms with Gasteiger partial charge in [0.25, 0.3) is 6.47 Å². The topological polar surface area (TPSA) is 168 Å². The largest absolute Gasteiger partial charge is 0.481 e. The van der Waals surface area contributed by atoms with Crippen molar-refractivity contribution in [3.63, 3.8) is 0 Å². The molecule has 0 rings (SSSR count). The second-order valence-corrected chi connectivity index (χ2v) is 8.09. The predicted octanol–water partition coefficient (Wildman–Crippen LogP) is 2.28. The highest BCUT2D eigenvalue weighted by Gasteiger charge is 2.21. The number of aliphatic hydroxyl groups is 2. The van der Waals surface area contributed by atoms with Gasteiger partial charge in [0.05, 0.1) is 24.9 Å². The normalized spacial score (nSPS) is 15.6. The lowest BCUT2D eigenvalue weighted by Gasteiger charge is -2.24. The molecule has 0 saturated heterocycles. The smallest absolute Gasteiger partial charge is 0.303 e. The van der Waals surface area contributed by atoms with Crippen LogP contribution in [0.5, 0.6) is 0 Å². The zero-order valence-electron chi connectivity index (χ0n) is 21.5. The van der Waals surface area contributed by atoms with Crippen LogP contribution < -0.4 is 11.1 Å². The minimum atomic E-state index is -1.02. The molecule has 0 radical (unpaired) electrons. The number of ether oxygens (including phenoxy) is 2. The Balaban J connectivity index is 4.76. The highest BCUT2D eigenvalue weighted by Crippen LogP contribution is 2.13. The Hall–Kier alpha value is -3.05. The summed E-state index contributed by atoms with van der Waals surface area (Å²) in [5.74, 6) is -1.46. The van der Waals surface area contributed by atoms with Crippen LogP contribution >= 0.6 is 0 Å². The Kier molecular flexibility index (Phi) is 21.4. The molecule has 10 heteroatoms. The first-order chi connectivity index (χ1) is 17.8. The number of aliphatic hydroxyl groups excluding tert-OH is 2. The maximum atomic E-state index is 11.9. The highest BCUT2D eigenvalue weighted by molar-refractivity contribution is 5.81. The summed E-state index contributed by atoms with van der Waals surface area (Å²) in [6.45, 7) is 1.79. The first-order valence-electron chi connectivity index (χ1n) is 12.4. The number of amides is 1. The fraction of sp³-hybridized carbons (Fsp3) is 0.519. The minimum Gasteiger partial charge on any atom is -0.481 e. The second-order valence-electron chi connectivity index (χ2n) is 8.09. The third kappa shape index (κ3) is 20.8. The van der Waals surface area contributed by atoms with Crippen LogP contribution in [-0.2, 0) is 23.9 Å². The highest BCUT2D eigenvalue weighted by atomic mass is 16.5. The molecular formula is C27H42N2O8. The summed E-state index contributed by atoms with van der Waals surface area (Å²) in [4.78, 5) is 32.7. The summed E-state index contributed by atoms with van der Waals surface area (Å²) in [5, 5.41) is 31.4. The number of aliphatic carboxylic acids is 1. The Bertz CT molecular complexity index is 776. The van der Waals surface area contributed by atoms with E-state index in [1.54, 1.807) is 30.4 Å². The first kappa shape index (κ1) is 34.0. The van der Waals surface area contributed by atoms with Crippen molar-refractivity contribution in [2.45, 2.75) is 76.2 Å². The number of carbonyl (C=O) groups excluding carboxylic acids is 2. The van der Waals surface area contributed by atoms with E-state index in [4.69, 9.17) is 15.6 Å². The minimum absolute atomic E-state index is 0.00662. The van der Waals surface area contributed by atoms with Crippen LogP contribution in [0.2, 0.25) is 0 Å². The van der Waals surface area contributed by atoms with Gasteiger partial charge < -0.3 is 35.8 Å². The Morgan fingerprint density at radius 3 is 2.41 bits per heavy atom. The number of hydrogen-bond acceptors (Lipinski definition) is 8. The zero-order valence-corrected chi connectivity index (χ0v) is 21.5. The van der Waals surface area contributed by atoms with E-state index in [9.17, 15) is 24.6 Å². The number of hydrogen-bond donors (Lipinski definition) is 5. The standard InChI is InChI=1S/C27H42N2O8/c1-2-3-9-14-22(31)15-10-6-4-5-7-12-17-25(24(32)16-11-8-13-18-26(33)34)37-19-23(28)27(35)29-20-36-21-30/h3-11,15,21-25,31-32H,2,12-14,16-20,28H2,1H3,(H,29,35)(H,33,34)/b6-4-,7-5+,9-3-,11-8-,15-10+/t22?,23?,24-,25?/m1/s1. The van der Waals surface area contributed by atoms with Gasteiger partial charge in [0.2, 0.25) is 5.91 Å². The molecule has 3 unspecified atom stereocenters. The summed E-state index contributed by atoms with van der Waals surface area (Å²) in [6, 6.07) is -1.02. The summed E-state index contributed by atoms with van der Waals surface area (Å²) < 4.78 is 10.1. The summed E-state index contributed by atoms with van der Waals surface area (Å²) >= 11 is 0. The molecule has 0 saturated carbocycles. The number of allylic oxidation sites excluding steroid dienone is 7. The number of nitrogens with two attached hydrogens (primary N) is 1. The molecule has 6 N–H and O–H groups in total. The monoisotopic (exact) mass is 522 g/mol. The van der Waals surface area contributed by atoms with Crippen molar-refractivity contribution >= 4 is 18.3 Å². The first-order valence-corrected chi connectivity index (χ1v) is 12.4. The molecule has 0 heterocycles. The molecule has 4 atom stereocenters. The van der Waals surface area contributed by atoms with Crippen molar-refractivity contribution in [2.75, 3.05) is 13.3 Å². The van der Waals surface area contributed by atoms with Crippen LogP contribution in [0.15, 0.2) is 60.8 Å². The molecule has 37 heavy (non-hydrogen) atoms. The Morgan fingerprint density at radius 2 is 1.70 bits per heavy atom. The molecule has 0 aliphatic heterocycles. The predicted molar refractivity (Wildman–Crippen MR) is 141 cm³/mol. The van der Waals surface area contributed by atoms with Gasteiger partial charge in [0, 0.05) is 6.42 Å². The van der Waals surface area contributed by atoms with Gasteiger partial charge in [-0.05, 0) is 38.5 Å². The van der Waals surface area contributed by atoms with Crippen molar-refractivity contribution in [3.05, 3.63) is 60.8 Å². The van der Waals surface area contributed by atoms with Crippen molar-refractivity contribution in [1.82, 2.24) is 5.32 Å². The van der Waals surface area contributed by atoms with Gasteiger partial charge in [-0.25, -0.2) is 0 Å². The van der Waals surface area contributed by atoms with E-state index in [0.29, 0.717) is 25.7 Å². The lowest BCUT2D eigenvalue weighted by molar-refractivity contribution is -0.137. The van der Waals surface area contributed by atoms with E-state index in [-0.39, 0.29) is 32.7 Å². The van der Waals surface area contributed by atoms with Crippen LogP contribution in [0.3, 0.4) is 0 Å². The lowest BCUT2D eigenvalue weighted by Crippen LogP contribution is -2.45. The number of carboxylic acids is 1. The van der Waals surface area contributed by atoms with Crippen LogP contribution in [0.4, 0.5) is 0 Å². The summed E-state index contributed by atoms with van der Waals surface area (Å²) in [7, 11) is 0. The molecule has 0 aromatic heterocycles. The average molecular weight is 523 g/mol. The molecule has 0 fully saturated rings. The molecule has 0 aromatic carbocycles. The van der Waals surface area contributed by atoms with Gasteiger partial charge in [-0.1, -0.05) is 67.7 Å². The van der Waals surface area contributed by atoms with Crippen molar-refractivity contribution in [3.8, 4) is 0 Å². The van der Waals surface area contributed by atoms with E-state index in [2.05, 4.69) is 10.1 Å². The van der Waals surface area contributed by atoms with Gasteiger partial charge in [-0.2, -0.15) is 0 Å². The maximum Gasteiger partial charge on any atom is 0.303 e. The van der Waals surface area contributed by atoms with Gasteiger partial charge in [-0.15, -0.1) is 0 Å². The average Bonchev–Trinajstić information content (AvgIpc) is 2.86. The molecule has 0 aliphatic carbocycles. The SMILES string of the molecule is CC/C=C\CC(O)/C=C/C=C\C=C\CCC(OCC(N)C(=O)NCOC=O)[C@H](O)C/C=C\CCC(=O)O. The van der Waals surface area contributed by atoms with E-state index < -0.39 is 36.2 Å². The van der Waals surface area contributed by atoms with E-state index in [1.165, 1.54) is 0 Å². The van der Waals surface area contributed by atoms with Crippen LogP contribution in [0.1, 0.15) is 51.9 Å². The number of carboxylic acid groups (broad SMARTS) is 1. The molecule has 0 bridgehead atoms. The summed E-state index contributed by atoms with van der Waals surface area (Å²) in [5.41, 5.74) is 5.81. The fourth-order valence-corrected chi connectivity index (χ4v) is 2.92. The van der Waals surface area contributed by atoms with Crippen LogP contribution in [-0.4, -0.2) is 71.4 Å². The number of rotatable bonds is 22. The molecule has 1 amide bonds. The summed E-state index contributed by atoms with van der Waals surface area (Å²) in [6.07, 6.45) is 19.3. The van der Waals surface area contributed by atoms with Crippen LogP contribution in [0.25, 0.3) is 0 Å². The third-order valence-corrected chi connectivity index (χ3v) is 4.92. The van der Waals surface area contributed by atoms with Gasteiger partial charge in [0.1, 0.15) is 6.04 Å². The third-order valence-electron chi connectivity index (χ3n) is 4.92. The number of nitrogens with one attached hydrogen (secondary N) is 1. The maximum absolute atomic E-state index is 11.9. The van der Waals surface area contributed by atoms with Gasteiger partial charge in [0.15, 0.2) is 6.73 Å². The van der Waals surface area contributed by atoms with E-state index in [1.807, 2.05) is 37.3 Å². The van der Waals surface area contributed by atoms with Crippen LogP contribution in [0, 0.1) is 0 Å². The number of carbonyl (C=O) groups is 3. The Morgan fingerprint density at radius 1 is 0.973 bits per heavy atom. The van der Waals surface area contributed by atoms with E-state index >= 15 is 0 Å². The molecule has 208 valence electrons. The van der Waals surface area contributed by atoms with Crippen molar-refractivity contribution < 1.29 is 39.2 Å². The molecular weight excluding hydrogens is 480 g/mol. The van der Waals surface area contributed by atoms with E-state index in [0.717, 1.165) is 6.42 Å². The van der Waals surface area contributed by atoms with Crippen molar-refractivity contribution in [1.29, 1.82) is 0 Å². The molecule has 0 aromatic rings. The lowest BCUT2D eigenvalue weighted by atomic mass is 10.0. The Labute approximate surface area is 219 Å². The fourth-order valence-electron chi connectivity index (χ4n) is 2.92. The van der Waals surface area contributed by atoms with Crippen molar-refractivity contribution in [2.24, 2.45) is 5.73 Å².